The first-order valence-corrected chi connectivity index (χ1v) is 7.69. The molecule has 1 N–H and O–H groups in total. The van der Waals surface area contributed by atoms with Gasteiger partial charge in [-0.15, -0.1) is 0 Å². The van der Waals surface area contributed by atoms with Crippen molar-refractivity contribution in [2.24, 2.45) is 0 Å². The highest BCUT2D eigenvalue weighted by atomic mass is 32.2. The fourth-order valence-electron chi connectivity index (χ4n) is 2.03. The number of anilines is 2. The minimum Gasteiger partial charge on any atom is -0.373 e. The van der Waals surface area contributed by atoms with Crippen LogP contribution in [0.2, 0.25) is 0 Å². The van der Waals surface area contributed by atoms with E-state index in [-0.39, 0.29) is 0 Å². The number of hydrogen-bond donors (Lipinski definition) is 1. The van der Waals surface area contributed by atoms with E-state index in [2.05, 4.69) is 15.2 Å². The molecule has 0 radical (unpaired) electrons. The Hall–Kier alpha value is -1.34. The predicted octanol–water partition coefficient (Wildman–Crippen LogP) is 0.205. The van der Waals surface area contributed by atoms with Gasteiger partial charge < -0.3 is 10.2 Å². The van der Waals surface area contributed by atoms with Gasteiger partial charge in [-0.2, -0.15) is 4.31 Å². The van der Waals surface area contributed by atoms with Gasteiger partial charge in [0.2, 0.25) is 10.0 Å². The number of aromatic nitrogens is 1. The average molecular weight is 270 g/mol. The van der Waals surface area contributed by atoms with Crippen LogP contribution < -0.4 is 10.2 Å². The van der Waals surface area contributed by atoms with Crippen molar-refractivity contribution in [1.29, 1.82) is 0 Å². The maximum atomic E-state index is 11.4. The SMILES string of the molecule is CNc1cc(N2CCN(S(C)(=O)=O)CC2)ccn1. The number of rotatable bonds is 3. The van der Waals surface area contributed by atoms with Crippen LogP contribution in [0.25, 0.3) is 0 Å². The molecule has 0 bridgehead atoms. The number of nitrogens with zero attached hydrogens (tertiary/aromatic N) is 3. The highest BCUT2D eigenvalue weighted by molar-refractivity contribution is 7.88. The van der Waals surface area contributed by atoms with Gasteiger partial charge in [0.15, 0.2) is 0 Å². The molecule has 1 fully saturated rings. The Labute approximate surface area is 108 Å². The van der Waals surface area contributed by atoms with Gasteiger partial charge in [-0.05, 0) is 6.07 Å². The van der Waals surface area contributed by atoms with Crippen LogP contribution in [0.1, 0.15) is 0 Å². The van der Waals surface area contributed by atoms with Crippen molar-refractivity contribution in [2.45, 2.75) is 0 Å². The smallest absolute Gasteiger partial charge is 0.211 e. The van der Waals surface area contributed by atoms with Crippen molar-refractivity contribution in [2.75, 3.05) is 49.7 Å². The molecule has 18 heavy (non-hydrogen) atoms. The third-order valence-electron chi connectivity index (χ3n) is 3.07. The average Bonchev–Trinajstić information content (AvgIpc) is 2.38. The molecule has 6 nitrogen and oxygen atoms in total. The van der Waals surface area contributed by atoms with E-state index in [1.165, 1.54) is 10.6 Å². The summed E-state index contributed by atoms with van der Waals surface area (Å²) in [4.78, 5) is 6.33. The Kier molecular flexibility index (Phi) is 3.72. The molecule has 7 heteroatoms. The fourth-order valence-corrected chi connectivity index (χ4v) is 2.86. The molecule has 1 aromatic heterocycles. The molecule has 100 valence electrons. The third-order valence-corrected chi connectivity index (χ3v) is 4.38. The van der Waals surface area contributed by atoms with Crippen molar-refractivity contribution >= 4 is 21.5 Å². The van der Waals surface area contributed by atoms with Gasteiger partial charge in [0, 0.05) is 51.2 Å². The number of sulfonamides is 1. The van der Waals surface area contributed by atoms with Crippen molar-refractivity contribution in [3.05, 3.63) is 18.3 Å². The molecule has 0 aliphatic carbocycles. The van der Waals surface area contributed by atoms with Crippen LogP contribution in [0.3, 0.4) is 0 Å². The normalized spacial score (nSPS) is 17.8. The van der Waals surface area contributed by atoms with E-state index in [4.69, 9.17) is 0 Å². The number of hydrogen-bond acceptors (Lipinski definition) is 5. The molecule has 0 spiro atoms. The molecule has 1 aliphatic rings. The summed E-state index contributed by atoms with van der Waals surface area (Å²) in [5, 5.41) is 3.00. The van der Waals surface area contributed by atoms with E-state index in [9.17, 15) is 8.42 Å². The Balaban J connectivity index is 2.05. The lowest BCUT2D eigenvalue weighted by atomic mass is 10.3. The van der Waals surface area contributed by atoms with E-state index in [1.54, 1.807) is 6.20 Å². The molecule has 0 amide bonds. The summed E-state index contributed by atoms with van der Waals surface area (Å²) in [6.07, 6.45) is 3.01. The van der Waals surface area contributed by atoms with Gasteiger partial charge in [0.1, 0.15) is 5.82 Å². The molecule has 1 saturated heterocycles. The van der Waals surface area contributed by atoms with Crippen LogP contribution in [0.15, 0.2) is 18.3 Å². The molecular formula is C11H18N4O2S. The van der Waals surface area contributed by atoms with E-state index in [0.717, 1.165) is 11.5 Å². The molecule has 0 aromatic carbocycles. The Morgan fingerprint density at radius 3 is 2.50 bits per heavy atom. The summed E-state index contributed by atoms with van der Waals surface area (Å²) < 4.78 is 24.4. The van der Waals surface area contributed by atoms with Crippen LogP contribution >= 0.6 is 0 Å². The van der Waals surface area contributed by atoms with E-state index >= 15 is 0 Å². The predicted molar refractivity (Wildman–Crippen MR) is 72.4 cm³/mol. The Bertz CT molecular complexity index is 510. The first-order chi connectivity index (χ1) is 8.50. The Morgan fingerprint density at radius 2 is 1.94 bits per heavy atom. The van der Waals surface area contributed by atoms with E-state index in [1.807, 2.05) is 19.2 Å². The fraction of sp³-hybridized carbons (Fsp3) is 0.545. The summed E-state index contributed by atoms with van der Waals surface area (Å²) in [7, 11) is -1.24. The second-order valence-corrected chi connectivity index (χ2v) is 6.28. The number of piperazine rings is 1. The van der Waals surface area contributed by atoms with Gasteiger partial charge in [-0.3, -0.25) is 0 Å². The second-order valence-electron chi connectivity index (χ2n) is 4.30. The van der Waals surface area contributed by atoms with Crippen LogP contribution in [0, 0.1) is 0 Å². The molecule has 1 aromatic rings. The summed E-state index contributed by atoms with van der Waals surface area (Å²) in [6, 6.07) is 3.91. The lowest BCUT2D eigenvalue weighted by Crippen LogP contribution is -2.48. The molecule has 2 rings (SSSR count). The first kappa shape index (κ1) is 13.1. The van der Waals surface area contributed by atoms with Crippen LogP contribution in [0.5, 0.6) is 0 Å². The summed E-state index contributed by atoms with van der Waals surface area (Å²) in [5.74, 6) is 0.818. The quantitative estimate of drug-likeness (QED) is 0.850. The molecule has 2 heterocycles. The molecule has 0 saturated carbocycles. The van der Waals surface area contributed by atoms with Gasteiger partial charge in [-0.1, -0.05) is 0 Å². The van der Waals surface area contributed by atoms with Crippen molar-refractivity contribution in [3.8, 4) is 0 Å². The van der Waals surface area contributed by atoms with Crippen LogP contribution in [-0.2, 0) is 10.0 Å². The molecule has 1 aliphatic heterocycles. The summed E-state index contributed by atoms with van der Waals surface area (Å²) in [6.45, 7) is 2.49. The highest BCUT2D eigenvalue weighted by Gasteiger charge is 2.23. The van der Waals surface area contributed by atoms with Crippen molar-refractivity contribution < 1.29 is 8.42 Å². The zero-order valence-corrected chi connectivity index (χ0v) is 11.4. The number of nitrogens with one attached hydrogen (secondary N) is 1. The summed E-state index contributed by atoms with van der Waals surface area (Å²) >= 11 is 0. The minimum atomic E-state index is -3.06. The Morgan fingerprint density at radius 1 is 1.28 bits per heavy atom. The van der Waals surface area contributed by atoms with E-state index < -0.39 is 10.0 Å². The van der Waals surface area contributed by atoms with Crippen LogP contribution in [0.4, 0.5) is 11.5 Å². The van der Waals surface area contributed by atoms with Gasteiger partial charge in [0.25, 0.3) is 0 Å². The monoisotopic (exact) mass is 270 g/mol. The summed E-state index contributed by atoms with van der Waals surface area (Å²) in [5.41, 5.74) is 1.07. The van der Waals surface area contributed by atoms with Gasteiger partial charge >= 0.3 is 0 Å². The zero-order valence-electron chi connectivity index (χ0n) is 10.6. The van der Waals surface area contributed by atoms with Gasteiger partial charge in [0.05, 0.1) is 6.26 Å². The largest absolute Gasteiger partial charge is 0.373 e. The minimum absolute atomic E-state index is 0.538. The zero-order chi connectivity index (χ0) is 13.2. The van der Waals surface area contributed by atoms with Crippen LogP contribution in [-0.4, -0.2) is 57.2 Å². The standard InChI is InChI=1S/C11H18N4O2S/c1-12-11-9-10(3-4-13-11)14-5-7-15(8-6-14)18(2,16)17/h3-4,9H,5-8H2,1-2H3,(H,12,13). The maximum absolute atomic E-state index is 11.4. The lowest BCUT2D eigenvalue weighted by molar-refractivity contribution is 0.388. The molecule has 0 atom stereocenters. The maximum Gasteiger partial charge on any atom is 0.211 e. The molecular weight excluding hydrogens is 252 g/mol. The first-order valence-electron chi connectivity index (χ1n) is 5.84. The van der Waals surface area contributed by atoms with Gasteiger partial charge in [-0.25, -0.2) is 13.4 Å². The molecule has 0 unspecified atom stereocenters. The second kappa shape index (κ2) is 5.11. The highest BCUT2D eigenvalue weighted by Crippen LogP contribution is 2.19. The topological polar surface area (TPSA) is 65.5 Å². The van der Waals surface area contributed by atoms with Crippen molar-refractivity contribution in [3.63, 3.8) is 0 Å². The number of pyridine rings is 1. The third kappa shape index (κ3) is 2.91. The van der Waals surface area contributed by atoms with E-state index in [0.29, 0.717) is 26.2 Å². The van der Waals surface area contributed by atoms with Crippen molar-refractivity contribution in [1.82, 2.24) is 9.29 Å². The lowest BCUT2D eigenvalue weighted by Gasteiger charge is -2.34.